The molecule has 0 fully saturated rings. The number of hydrogen-bond acceptors (Lipinski definition) is 7. The number of hydrogen-bond donors (Lipinski definition) is 2. The van der Waals surface area contributed by atoms with Crippen LogP contribution in [0.5, 0.6) is 11.8 Å². The van der Waals surface area contributed by atoms with E-state index >= 15 is 0 Å². The van der Waals surface area contributed by atoms with Gasteiger partial charge in [-0.1, -0.05) is 29.5 Å². The predicted molar refractivity (Wildman–Crippen MR) is 104 cm³/mol. The zero-order valence-corrected chi connectivity index (χ0v) is 16.2. The number of rotatable bonds is 4. The third-order valence-electron chi connectivity index (χ3n) is 2.65. The van der Waals surface area contributed by atoms with E-state index in [0.717, 1.165) is 0 Å². The largest absolute Gasteiger partial charge is 0.481 e. The van der Waals surface area contributed by atoms with Crippen molar-refractivity contribution in [2.45, 2.75) is 0 Å². The van der Waals surface area contributed by atoms with Crippen molar-refractivity contribution in [1.82, 2.24) is 9.97 Å². The van der Waals surface area contributed by atoms with E-state index in [0.29, 0.717) is 22.5 Å². The van der Waals surface area contributed by atoms with Gasteiger partial charge in [-0.3, -0.25) is 5.32 Å². The van der Waals surface area contributed by atoms with Gasteiger partial charge >= 0.3 is 6.09 Å². The SMILES string of the molecule is COc1cc(OC)nc(N)n1.O=C(Nc1cccc(Cl)c1)OCC#CCCl. The summed E-state index contributed by atoms with van der Waals surface area (Å²) in [6, 6.07) is 8.32. The summed E-state index contributed by atoms with van der Waals surface area (Å²) in [7, 11) is 3.00. The van der Waals surface area contributed by atoms with Crippen molar-refractivity contribution in [2.24, 2.45) is 0 Å². The molecule has 10 heteroatoms. The van der Waals surface area contributed by atoms with Crippen molar-refractivity contribution in [3.63, 3.8) is 0 Å². The van der Waals surface area contributed by atoms with Crippen LogP contribution in [-0.2, 0) is 4.74 Å². The maximum Gasteiger partial charge on any atom is 0.412 e. The summed E-state index contributed by atoms with van der Waals surface area (Å²) in [6.45, 7) is 0.0130. The Morgan fingerprint density at radius 3 is 2.41 bits per heavy atom. The van der Waals surface area contributed by atoms with Crippen molar-refractivity contribution in [3.05, 3.63) is 35.4 Å². The molecule has 1 aromatic carbocycles. The van der Waals surface area contributed by atoms with E-state index in [-0.39, 0.29) is 18.4 Å². The van der Waals surface area contributed by atoms with Crippen LogP contribution in [0.1, 0.15) is 0 Å². The monoisotopic (exact) mass is 412 g/mol. The topological polar surface area (TPSA) is 109 Å². The van der Waals surface area contributed by atoms with Crippen molar-refractivity contribution in [3.8, 4) is 23.6 Å². The number of nitrogen functional groups attached to an aromatic ring is 1. The molecule has 0 unspecified atom stereocenters. The minimum atomic E-state index is -0.578. The maximum absolute atomic E-state index is 11.2. The predicted octanol–water partition coefficient (Wildman–Crippen LogP) is 3.21. The molecular formula is C17H18Cl2N4O4. The molecule has 0 atom stereocenters. The molecule has 0 spiro atoms. The maximum atomic E-state index is 11.2. The van der Waals surface area contributed by atoms with Gasteiger partial charge in [-0.05, 0) is 18.2 Å². The fourth-order valence-electron chi connectivity index (χ4n) is 1.55. The standard InChI is InChI=1S/C11H9Cl2NO2.C6H9N3O2/c12-6-1-2-7-16-11(15)14-10-5-3-4-9(13)8-10;1-10-4-3-5(11-2)9-6(7)8-4/h3-5,8H,6-7H2,(H,14,15);3H,1-2H3,(H2,7,8,9). The number of alkyl halides is 1. The number of carbonyl (C=O) groups excluding carboxylic acids is 1. The first-order valence-electron chi connectivity index (χ1n) is 7.42. The van der Waals surface area contributed by atoms with Gasteiger partial charge in [0.25, 0.3) is 0 Å². The summed E-state index contributed by atoms with van der Waals surface area (Å²) in [4.78, 5) is 18.7. The molecule has 0 bridgehead atoms. The highest BCUT2D eigenvalue weighted by Gasteiger charge is 2.02. The molecular weight excluding hydrogens is 395 g/mol. The molecule has 3 N–H and O–H groups in total. The molecule has 0 aliphatic rings. The molecule has 144 valence electrons. The molecule has 1 heterocycles. The van der Waals surface area contributed by atoms with Gasteiger partial charge in [0, 0.05) is 10.7 Å². The zero-order chi connectivity index (χ0) is 20.1. The molecule has 8 nitrogen and oxygen atoms in total. The van der Waals surface area contributed by atoms with E-state index in [1.54, 1.807) is 30.3 Å². The number of nitrogens with zero attached hydrogens (tertiary/aromatic N) is 2. The number of aromatic nitrogens is 2. The van der Waals surface area contributed by atoms with Gasteiger partial charge in [0.05, 0.1) is 26.2 Å². The fraction of sp³-hybridized carbons (Fsp3) is 0.235. The van der Waals surface area contributed by atoms with Crippen LogP contribution in [0.25, 0.3) is 0 Å². The lowest BCUT2D eigenvalue weighted by Gasteiger charge is -2.04. The molecule has 1 aromatic heterocycles. The van der Waals surface area contributed by atoms with Gasteiger partial charge in [-0.15, -0.1) is 11.6 Å². The third kappa shape index (κ3) is 9.39. The van der Waals surface area contributed by atoms with Gasteiger partial charge in [0.2, 0.25) is 17.7 Å². The van der Waals surface area contributed by atoms with Gasteiger partial charge in [0.1, 0.15) is 0 Å². The van der Waals surface area contributed by atoms with Crippen LogP contribution in [0.2, 0.25) is 5.02 Å². The minimum Gasteiger partial charge on any atom is -0.481 e. The van der Waals surface area contributed by atoms with Crippen LogP contribution in [0.3, 0.4) is 0 Å². The van der Waals surface area contributed by atoms with Crippen molar-refractivity contribution >= 4 is 40.9 Å². The lowest BCUT2D eigenvalue weighted by Crippen LogP contribution is -2.13. The number of benzene rings is 1. The summed E-state index contributed by atoms with van der Waals surface area (Å²) < 4.78 is 14.4. The minimum absolute atomic E-state index is 0.0130. The lowest BCUT2D eigenvalue weighted by molar-refractivity contribution is 0.176. The average molecular weight is 413 g/mol. The Morgan fingerprint density at radius 2 is 1.85 bits per heavy atom. The number of nitrogens with one attached hydrogen (secondary N) is 1. The van der Waals surface area contributed by atoms with E-state index in [1.165, 1.54) is 14.2 Å². The summed E-state index contributed by atoms with van der Waals surface area (Å²) in [5.41, 5.74) is 5.90. The number of amides is 1. The molecule has 0 saturated heterocycles. The first kappa shape index (κ1) is 22.2. The van der Waals surface area contributed by atoms with E-state index in [2.05, 4.69) is 27.1 Å². The molecule has 0 radical (unpaired) electrons. The fourth-order valence-corrected chi connectivity index (χ4v) is 1.83. The second kappa shape index (κ2) is 12.5. The van der Waals surface area contributed by atoms with Crippen LogP contribution in [-0.4, -0.2) is 42.8 Å². The molecule has 2 aromatic rings. The van der Waals surface area contributed by atoms with Crippen molar-refractivity contribution in [1.29, 1.82) is 0 Å². The Labute approximate surface area is 166 Å². The molecule has 2 rings (SSSR count). The molecule has 1 amide bonds. The van der Waals surface area contributed by atoms with Crippen molar-refractivity contribution < 1.29 is 19.0 Å². The van der Waals surface area contributed by atoms with Gasteiger partial charge in [-0.2, -0.15) is 9.97 Å². The number of methoxy groups -OCH3 is 2. The molecule has 0 aliphatic carbocycles. The highest BCUT2D eigenvalue weighted by molar-refractivity contribution is 6.30. The zero-order valence-electron chi connectivity index (χ0n) is 14.7. The van der Waals surface area contributed by atoms with Crippen LogP contribution >= 0.6 is 23.2 Å². The highest BCUT2D eigenvalue weighted by atomic mass is 35.5. The Hall–Kier alpha value is -2.89. The molecule has 0 aliphatic heterocycles. The van der Waals surface area contributed by atoms with Crippen LogP contribution in [0, 0.1) is 11.8 Å². The smallest absolute Gasteiger partial charge is 0.412 e. The van der Waals surface area contributed by atoms with E-state index in [9.17, 15) is 4.79 Å². The highest BCUT2D eigenvalue weighted by Crippen LogP contribution is 2.15. The first-order valence-corrected chi connectivity index (χ1v) is 8.33. The third-order valence-corrected chi connectivity index (χ3v) is 3.02. The first-order chi connectivity index (χ1) is 13.0. The van der Waals surface area contributed by atoms with E-state index < -0.39 is 6.09 Å². The quantitative estimate of drug-likeness (QED) is 0.585. The Morgan fingerprint density at radius 1 is 1.19 bits per heavy atom. The summed E-state index contributed by atoms with van der Waals surface area (Å²) in [5.74, 6) is 6.29. The van der Waals surface area contributed by atoms with Crippen LogP contribution < -0.4 is 20.5 Å². The number of nitrogens with two attached hydrogens (primary N) is 1. The number of ether oxygens (including phenoxy) is 3. The van der Waals surface area contributed by atoms with Gasteiger partial charge in [-0.25, -0.2) is 4.79 Å². The summed E-state index contributed by atoms with van der Waals surface area (Å²) in [6.07, 6.45) is -0.578. The molecule has 0 saturated carbocycles. The van der Waals surface area contributed by atoms with E-state index in [4.69, 9.17) is 43.1 Å². The Bertz CT molecular complexity index is 787. The Kier molecular flexibility index (Phi) is 10.2. The van der Waals surface area contributed by atoms with Crippen molar-refractivity contribution in [2.75, 3.05) is 37.8 Å². The summed E-state index contributed by atoms with van der Waals surface area (Å²) in [5, 5.41) is 3.05. The van der Waals surface area contributed by atoms with Gasteiger partial charge in [0.15, 0.2) is 6.61 Å². The number of halogens is 2. The lowest BCUT2D eigenvalue weighted by atomic mass is 10.3. The summed E-state index contributed by atoms with van der Waals surface area (Å²) >= 11 is 11.1. The number of anilines is 2. The Balaban J connectivity index is 0.000000289. The van der Waals surface area contributed by atoms with Gasteiger partial charge < -0.3 is 19.9 Å². The van der Waals surface area contributed by atoms with E-state index in [1.807, 2.05) is 0 Å². The normalized spacial score (nSPS) is 9.04. The molecule has 27 heavy (non-hydrogen) atoms. The average Bonchev–Trinajstić information content (AvgIpc) is 2.65. The van der Waals surface area contributed by atoms with Crippen LogP contribution in [0.4, 0.5) is 16.4 Å². The second-order valence-electron chi connectivity index (χ2n) is 4.51. The second-order valence-corrected chi connectivity index (χ2v) is 5.21. The number of carbonyl (C=O) groups is 1. The van der Waals surface area contributed by atoms with Crippen LogP contribution in [0.15, 0.2) is 30.3 Å².